The summed E-state index contributed by atoms with van der Waals surface area (Å²) in [7, 11) is 0. The fourth-order valence-electron chi connectivity index (χ4n) is 1.26. The van der Waals surface area contributed by atoms with Crippen LogP contribution in [0.1, 0.15) is 19.8 Å². The first-order valence-electron chi connectivity index (χ1n) is 4.82. The molecule has 0 radical (unpaired) electrons. The van der Waals surface area contributed by atoms with Gasteiger partial charge in [-0.25, -0.2) is 0 Å². The minimum Gasteiger partial charge on any atom is -0.395 e. The number of rotatable bonds is 8. The summed E-state index contributed by atoms with van der Waals surface area (Å²) in [5.74, 6) is 0.904. The van der Waals surface area contributed by atoms with Crippen LogP contribution < -0.4 is 0 Å². The molecule has 92 valence electrons. The van der Waals surface area contributed by atoms with E-state index in [9.17, 15) is 0 Å². The summed E-state index contributed by atoms with van der Waals surface area (Å²) in [5, 5.41) is 17.9. The Labute approximate surface area is 133 Å². The second kappa shape index (κ2) is 15.6. The first-order chi connectivity index (χ1) is 6.20. The molecule has 0 aromatic carbocycles. The third kappa shape index (κ3) is 15.6. The molecule has 3 nitrogen and oxygen atoms in total. The number of hydrogen-bond acceptors (Lipinski definition) is 4. The monoisotopic (exact) mass is 362 g/mol. The van der Waals surface area contributed by atoms with E-state index in [2.05, 4.69) is 17.5 Å². The Bertz CT molecular complexity index is 118. The van der Waals surface area contributed by atoms with E-state index >= 15 is 0 Å². The summed E-state index contributed by atoms with van der Waals surface area (Å²) in [6.45, 7) is 4.16. The van der Waals surface area contributed by atoms with Gasteiger partial charge >= 0.3 is 0 Å². The Kier molecular flexibility index (Phi) is 22.7. The summed E-state index contributed by atoms with van der Waals surface area (Å²) in [5.41, 5.74) is 0. The Morgan fingerprint density at radius 1 is 1.27 bits per heavy atom. The summed E-state index contributed by atoms with van der Waals surface area (Å²) < 4.78 is 0. The van der Waals surface area contributed by atoms with Gasteiger partial charge in [0.05, 0.1) is 12.7 Å². The molecule has 0 amide bonds. The molecular formula is C10H24CeNO2S-. The first kappa shape index (κ1) is 21.8. The molecular weight excluding hydrogens is 338 g/mol. The van der Waals surface area contributed by atoms with Gasteiger partial charge in [0.15, 0.2) is 0 Å². The molecule has 0 bridgehead atoms. The molecule has 1 atom stereocenters. The fourth-order valence-corrected chi connectivity index (χ4v) is 1.48. The second-order valence-corrected chi connectivity index (χ2v) is 3.75. The molecule has 0 aliphatic carbocycles. The van der Waals surface area contributed by atoms with E-state index in [1.54, 1.807) is 6.92 Å². The third-order valence-corrected chi connectivity index (χ3v) is 2.14. The van der Waals surface area contributed by atoms with Crippen molar-refractivity contribution in [1.29, 1.82) is 0 Å². The molecule has 2 N–H and O–H groups in total. The average molecular weight is 362 g/mol. The van der Waals surface area contributed by atoms with Gasteiger partial charge in [0.2, 0.25) is 0 Å². The summed E-state index contributed by atoms with van der Waals surface area (Å²) in [4.78, 5) is 2.08. The van der Waals surface area contributed by atoms with Gasteiger partial charge in [0.25, 0.3) is 0 Å². The average Bonchev–Trinajstić information content (AvgIpc) is 2.04. The zero-order chi connectivity index (χ0) is 10.1. The summed E-state index contributed by atoms with van der Waals surface area (Å²) in [6.07, 6.45) is 1.85. The zero-order valence-corrected chi connectivity index (χ0v) is 13.9. The molecule has 5 heteroatoms. The quantitative estimate of drug-likeness (QED) is 0.340. The van der Waals surface area contributed by atoms with Crippen molar-refractivity contribution in [2.45, 2.75) is 25.9 Å². The van der Waals surface area contributed by atoms with Gasteiger partial charge in [-0.05, 0) is 32.1 Å². The van der Waals surface area contributed by atoms with Crippen LogP contribution in [0.4, 0.5) is 0 Å². The molecule has 0 aromatic rings. The van der Waals surface area contributed by atoms with Crippen molar-refractivity contribution in [3.63, 3.8) is 0 Å². The fraction of sp³-hybridized carbons (Fsp3) is 0.900. The Morgan fingerprint density at radius 2 is 1.87 bits per heavy atom. The predicted molar refractivity (Wildman–Crippen MR) is 64.7 cm³/mol. The van der Waals surface area contributed by atoms with Crippen LogP contribution in [-0.2, 0) is 0 Å². The number of nitrogens with zero attached hydrogens (tertiary/aromatic N) is 1. The van der Waals surface area contributed by atoms with Crippen molar-refractivity contribution in [2.75, 3.05) is 32.0 Å². The molecule has 0 aliphatic rings. The standard InChI is InChI=1S/C9H21NO2S.CH3.Ce/c1-9(12)8-10(5-6-11)4-2-3-7-13;;/h9,11-13H,2-8H2,1H3;1H3;/q;-1;. The minimum absolute atomic E-state index is 0. The van der Waals surface area contributed by atoms with Gasteiger partial charge < -0.3 is 17.6 Å². The molecule has 0 aromatic heterocycles. The first-order valence-corrected chi connectivity index (χ1v) is 5.46. The number of aliphatic hydroxyl groups excluding tert-OH is 2. The van der Waals surface area contributed by atoms with Gasteiger partial charge in [-0.3, -0.25) is 4.90 Å². The molecule has 0 saturated heterocycles. The van der Waals surface area contributed by atoms with Crippen LogP contribution in [0.25, 0.3) is 0 Å². The maximum atomic E-state index is 9.17. The number of hydrogen-bond donors (Lipinski definition) is 3. The summed E-state index contributed by atoms with van der Waals surface area (Å²) in [6, 6.07) is 0. The van der Waals surface area contributed by atoms with Crippen molar-refractivity contribution >= 4 is 12.6 Å². The van der Waals surface area contributed by atoms with E-state index in [1.165, 1.54) is 0 Å². The Hall–Kier alpha value is 1.61. The smallest absolute Gasteiger partial charge is 0.0639 e. The molecule has 0 spiro atoms. The summed E-state index contributed by atoms with van der Waals surface area (Å²) >= 11 is 4.13. The van der Waals surface area contributed by atoms with Crippen molar-refractivity contribution in [3.05, 3.63) is 7.43 Å². The number of unbranched alkanes of at least 4 members (excludes halogenated alkanes) is 1. The maximum Gasteiger partial charge on any atom is 0.0639 e. The topological polar surface area (TPSA) is 43.7 Å². The van der Waals surface area contributed by atoms with Gasteiger partial charge in [-0.2, -0.15) is 12.6 Å². The normalized spacial score (nSPS) is 11.8. The van der Waals surface area contributed by atoms with E-state index in [0.29, 0.717) is 13.1 Å². The van der Waals surface area contributed by atoms with Crippen LogP contribution in [-0.4, -0.2) is 53.2 Å². The molecule has 1 unspecified atom stereocenters. The Balaban J connectivity index is -0.000000720. The van der Waals surface area contributed by atoms with Gasteiger partial charge in [0, 0.05) is 54.8 Å². The van der Waals surface area contributed by atoms with Crippen LogP contribution in [0.2, 0.25) is 0 Å². The van der Waals surface area contributed by atoms with Gasteiger partial charge in [0.1, 0.15) is 0 Å². The molecule has 0 rings (SSSR count). The van der Waals surface area contributed by atoms with Crippen molar-refractivity contribution in [2.24, 2.45) is 0 Å². The molecule has 0 aliphatic heterocycles. The largest absolute Gasteiger partial charge is 0.395 e. The van der Waals surface area contributed by atoms with E-state index in [1.807, 2.05) is 0 Å². The van der Waals surface area contributed by atoms with Crippen LogP contribution >= 0.6 is 12.6 Å². The van der Waals surface area contributed by atoms with Crippen molar-refractivity contribution in [3.8, 4) is 0 Å². The third-order valence-electron chi connectivity index (χ3n) is 1.82. The zero-order valence-electron chi connectivity index (χ0n) is 9.82. The minimum atomic E-state index is -0.317. The number of thiol groups is 1. The second-order valence-electron chi connectivity index (χ2n) is 3.30. The van der Waals surface area contributed by atoms with Gasteiger partial charge in [-0.15, -0.1) is 0 Å². The predicted octanol–water partition coefficient (Wildman–Crippen LogP) is 0.822. The molecule has 0 saturated carbocycles. The van der Waals surface area contributed by atoms with Crippen LogP contribution in [0, 0.1) is 49.2 Å². The van der Waals surface area contributed by atoms with Crippen LogP contribution in [0.15, 0.2) is 0 Å². The van der Waals surface area contributed by atoms with Gasteiger partial charge in [-0.1, -0.05) is 0 Å². The van der Waals surface area contributed by atoms with E-state index in [-0.39, 0.29) is 61.9 Å². The SMILES string of the molecule is CC(O)CN(CCO)CCCCS.[CH3-].[Ce]. The molecule has 0 fully saturated rings. The van der Waals surface area contributed by atoms with Crippen LogP contribution in [0.3, 0.4) is 0 Å². The molecule has 15 heavy (non-hydrogen) atoms. The maximum absolute atomic E-state index is 9.17. The van der Waals surface area contributed by atoms with E-state index in [4.69, 9.17) is 10.2 Å². The van der Waals surface area contributed by atoms with Crippen molar-refractivity contribution in [1.82, 2.24) is 4.90 Å². The Morgan fingerprint density at radius 3 is 2.27 bits per heavy atom. The number of aliphatic hydroxyl groups is 2. The van der Waals surface area contributed by atoms with E-state index in [0.717, 1.165) is 25.1 Å². The van der Waals surface area contributed by atoms with Crippen molar-refractivity contribution < 1.29 is 52.0 Å². The van der Waals surface area contributed by atoms with E-state index < -0.39 is 0 Å². The molecule has 0 heterocycles. The van der Waals surface area contributed by atoms with Crippen LogP contribution in [0.5, 0.6) is 0 Å².